The number of anilines is 4. The fourth-order valence-corrected chi connectivity index (χ4v) is 3.65. The van der Waals surface area contributed by atoms with Crippen LogP contribution in [0.4, 0.5) is 36.3 Å². The molecule has 1 saturated heterocycles. The molecule has 7 nitrogen and oxygen atoms in total. The summed E-state index contributed by atoms with van der Waals surface area (Å²) in [6, 6.07) is 12.3. The summed E-state index contributed by atoms with van der Waals surface area (Å²) in [5, 5.41) is 3.00. The summed E-state index contributed by atoms with van der Waals surface area (Å²) >= 11 is 0. The number of carbonyl (C=O) groups is 1. The lowest BCUT2D eigenvalue weighted by Gasteiger charge is -2.34. The summed E-state index contributed by atoms with van der Waals surface area (Å²) in [4.78, 5) is 25.4. The molecule has 0 saturated carbocycles. The molecule has 1 aromatic heterocycles. The number of piperazine rings is 1. The number of nitrogens with two attached hydrogens (primary N) is 1. The minimum atomic E-state index is -4.67. The zero-order chi connectivity index (χ0) is 23.6. The number of carbonyl (C=O) groups excluding carboxylic acids is 1. The molecule has 4 rings (SSSR count). The highest BCUT2D eigenvalue weighted by atomic mass is 19.4. The number of nitrogen functional groups attached to an aromatic ring is 1. The Balaban J connectivity index is 1.49. The van der Waals surface area contributed by atoms with Crippen molar-refractivity contribution >= 4 is 28.9 Å². The van der Waals surface area contributed by atoms with E-state index in [0.29, 0.717) is 5.69 Å². The van der Waals surface area contributed by atoms with E-state index in [0.717, 1.165) is 50.2 Å². The number of hydrogen-bond acceptors (Lipinski definition) is 7. The molecule has 0 aliphatic carbocycles. The van der Waals surface area contributed by atoms with Crippen LogP contribution >= 0.6 is 0 Å². The summed E-state index contributed by atoms with van der Waals surface area (Å²) in [7, 11) is 2.10. The third-order valence-corrected chi connectivity index (χ3v) is 5.53. The molecule has 0 atom stereocenters. The zero-order valence-corrected chi connectivity index (χ0v) is 17.9. The first-order chi connectivity index (χ1) is 15.7. The Morgan fingerprint density at radius 3 is 2.30 bits per heavy atom. The molecule has 0 bridgehead atoms. The van der Waals surface area contributed by atoms with Gasteiger partial charge in [-0.3, -0.25) is 4.79 Å². The van der Waals surface area contributed by atoms with Gasteiger partial charge in [-0.15, -0.1) is 0 Å². The van der Waals surface area contributed by atoms with Gasteiger partial charge in [0.15, 0.2) is 5.78 Å². The van der Waals surface area contributed by atoms with Gasteiger partial charge in [-0.05, 0) is 37.4 Å². The van der Waals surface area contributed by atoms with Crippen molar-refractivity contribution in [3.05, 3.63) is 71.4 Å². The number of benzene rings is 2. The SMILES string of the molecule is CN1CCN(c2ccc(Nc3ncc(C(=O)c4ccccc4C(F)(F)F)c(N)n3)cc2)CC1. The Bertz CT molecular complexity index is 1140. The Hall–Kier alpha value is -3.66. The van der Waals surface area contributed by atoms with E-state index >= 15 is 0 Å². The maximum atomic E-state index is 13.3. The number of rotatable bonds is 5. The van der Waals surface area contributed by atoms with Crippen molar-refractivity contribution in [2.24, 2.45) is 0 Å². The fourth-order valence-electron chi connectivity index (χ4n) is 3.65. The van der Waals surface area contributed by atoms with E-state index in [-0.39, 0.29) is 17.3 Å². The molecule has 172 valence electrons. The number of likely N-dealkylation sites (N-methyl/N-ethyl adjacent to an activating group) is 1. The molecule has 33 heavy (non-hydrogen) atoms. The third-order valence-electron chi connectivity index (χ3n) is 5.53. The molecular formula is C23H23F3N6O. The highest BCUT2D eigenvalue weighted by Gasteiger charge is 2.35. The van der Waals surface area contributed by atoms with Gasteiger partial charge >= 0.3 is 6.18 Å². The van der Waals surface area contributed by atoms with Crippen molar-refractivity contribution in [1.82, 2.24) is 14.9 Å². The monoisotopic (exact) mass is 456 g/mol. The van der Waals surface area contributed by atoms with E-state index in [1.807, 2.05) is 24.3 Å². The number of nitrogens with one attached hydrogen (secondary N) is 1. The fraction of sp³-hybridized carbons (Fsp3) is 0.261. The van der Waals surface area contributed by atoms with Gasteiger partial charge in [0.25, 0.3) is 0 Å². The molecule has 3 aromatic rings. The molecular weight excluding hydrogens is 433 g/mol. The van der Waals surface area contributed by atoms with E-state index in [1.165, 1.54) is 12.1 Å². The molecule has 0 radical (unpaired) electrons. The van der Waals surface area contributed by atoms with Gasteiger partial charge < -0.3 is 20.9 Å². The molecule has 2 heterocycles. The summed E-state index contributed by atoms with van der Waals surface area (Å²) < 4.78 is 39.8. The highest BCUT2D eigenvalue weighted by molar-refractivity contribution is 6.12. The minimum Gasteiger partial charge on any atom is -0.383 e. The van der Waals surface area contributed by atoms with Gasteiger partial charge in [0.05, 0.1) is 11.1 Å². The van der Waals surface area contributed by atoms with Crippen LogP contribution in [0.2, 0.25) is 0 Å². The molecule has 0 spiro atoms. The summed E-state index contributed by atoms with van der Waals surface area (Å²) in [6.45, 7) is 3.92. The standard InChI is InChI=1S/C23H23F3N6O/c1-31-10-12-32(13-11-31)16-8-6-15(7-9-16)29-22-28-14-18(21(27)30-22)20(33)17-4-2-3-5-19(17)23(24,25)26/h2-9,14H,10-13H2,1H3,(H3,27,28,29,30). The van der Waals surface area contributed by atoms with Crippen molar-refractivity contribution in [2.75, 3.05) is 49.2 Å². The van der Waals surface area contributed by atoms with Crippen LogP contribution in [0.15, 0.2) is 54.7 Å². The molecule has 2 aromatic carbocycles. The first-order valence-corrected chi connectivity index (χ1v) is 10.4. The summed E-state index contributed by atoms with van der Waals surface area (Å²) in [6.07, 6.45) is -3.53. The van der Waals surface area contributed by atoms with E-state index in [1.54, 1.807) is 0 Å². The highest BCUT2D eigenvalue weighted by Crippen LogP contribution is 2.33. The van der Waals surface area contributed by atoms with Crippen molar-refractivity contribution in [3.63, 3.8) is 0 Å². The molecule has 0 unspecified atom stereocenters. The second kappa shape index (κ2) is 9.07. The average Bonchev–Trinajstić information content (AvgIpc) is 2.79. The van der Waals surface area contributed by atoms with Gasteiger partial charge in [-0.2, -0.15) is 18.2 Å². The van der Waals surface area contributed by atoms with Crippen LogP contribution < -0.4 is 16.0 Å². The minimum absolute atomic E-state index is 0.139. The summed E-state index contributed by atoms with van der Waals surface area (Å²) in [5.41, 5.74) is 6.01. The lowest BCUT2D eigenvalue weighted by atomic mass is 9.99. The van der Waals surface area contributed by atoms with E-state index < -0.39 is 23.1 Å². The first kappa shape index (κ1) is 22.5. The number of hydrogen-bond donors (Lipinski definition) is 2. The average molecular weight is 456 g/mol. The van der Waals surface area contributed by atoms with Gasteiger partial charge in [0, 0.05) is 49.3 Å². The van der Waals surface area contributed by atoms with Crippen LogP contribution in [-0.2, 0) is 6.18 Å². The van der Waals surface area contributed by atoms with Gasteiger partial charge in [-0.25, -0.2) is 4.98 Å². The second-order valence-electron chi connectivity index (χ2n) is 7.83. The molecule has 0 amide bonds. The van der Waals surface area contributed by atoms with Crippen molar-refractivity contribution < 1.29 is 18.0 Å². The second-order valence-corrected chi connectivity index (χ2v) is 7.83. The number of aromatic nitrogens is 2. The summed E-state index contributed by atoms with van der Waals surface area (Å²) in [5.74, 6) is -0.951. The van der Waals surface area contributed by atoms with Crippen molar-refractivity contribution in [2.45, 2.75) is 6.18 Å². The number of nitrogens with zero attached hydrogens (tertiary/aromatic N) is 4. The smallest absolute Gasteiger partial charge is 0.383 e. The zero-order valence-electron chi connectivity index (χ0n) is 17.9. The van der Waals surface area contributed by atoms with Gasteiger partial charge in [-0.1, -0.05) is 18.2 Å². The Labute approximate surface area is 189 Å². The number of alkyl halides is 3. The largest absolute Gasteiger partial charge is 0.417 e. The Morgan fingerprint density at radius 1 is 1.00 bits per heavy atom. The van der Waals surface area contributed by atoms with Gasteiger partial charge in [0.1, 0.15) is 5.82 Å². The normalized spacial score (nSPS) is 14.8. The molecule has 3 N–H and O–H groups in total. The first-order valence-electron chi connectivity index (χ1n) is 10.4. The van der Waals surface area contributed by atoms with Gasteiger partial charge in [0.2, 0.25) is 5.95 Å². The quantitative estimate of drug-likeness (QED) is 0.565. The topological polar surface area (TPSA) is 87.4 Å². The van der Waals surface area contributed by atoms with E-state index in [2.05, 4.69) is 32.1 Å². The number of ketones is 1. The Morgan fingerprint density at radius 2 is 1.67 bits per heavy atom. The lowest BCUT2D eigenvalue weighted by molar-refractivity contribution is -0.137. The van der Waals surface area contributed by atoms with Crippen LogP contribution in [0, 0.1) is 0 Å². The van der Waals surface area contributed by atoms with Crippen LogP contribution in [0.1, 0.15) is 21.5 Å². The Kier molecular flexibility index (Phi) is 6.19. The third kappa shape index (κ3) is 5.06. The maximum absolute atomic E-state index is 13.3. The lowest BCUT2D eigenvalue weighted by Crippen LogP contribution is -2.44. The van der Waals surface area contributed by atoms with Crippen LogP contribution in [0.25, 0.3) is 0 Å². The predicted molar refractivity (Wildman–Crippen MR) is 121 cm³/mol. The molecule has 1 fully saturated rings. The predicted octanol–water partition coefficient (Wildman–Crippen LogP) is 3.80. The van der Waals surface area contributed by atoms with Crippen molar-refractivity contribution in [1.29, 1.82) is 0 Å². The number of halogens is 3. The van der Waals surface area contributed by atoms with Crippen molar-refractivity contribution in [3.8, 4) is 0 Å². The van der Waals surface area contributed by atoms with E-state index in [9.17, 15) is 18.0 Å². The molecule has 10 heteroatoms. The van der Waals surface area contributed by atoms with E-state index in [4.69, 9.17) is 5.73 Å². The van der Waals surface area contributed by atoms with Crippen LogP contribution in [0.3, 0.4) is 0 Å². The molecule has 1 aliphatic heterocycles. The maximum Gasteiger partial charge on any atom is 0.417 e. The molecule has 1 aliphatic rings. The van der Waals surface area contributed by atoms with Crippen LogP contribution in [0.5, 0.6) is 0 Å². The van der Waals surface area contributed by atoms with Crippen LogP contribution in [-0.4, -0.2) is 53.9 Å².